The number of ether oxygens (including phenoxy) is 4. The molecule has 284 valence electrons. The number of carbonyl (C=O) groups excluding carboxylic acids is 4. The molecule has 0 bridgehead atoms. The number of fused-ring (bicyclic) bond motifs is 7. The van der Waals surface area contributed by atoms with Crippen molar-refractivity contribution >= 4 is 29.7 Å². The Morgan fingerprint density at radius 3 is 2.08 bits per heavy atom. The van der Waals surface area contributed by atoms with Crippen LogP contribution >= 0.6 is 0 Å². The van der Waals surface area contributed by atoms with E-state index in [1.54, 1.807) is 0 Å². The van der Waals surface area contributed by atoms with E-state index in [2.05, 4.69) is 40.7 Å². The van der Waals surface area contributed by atoms with Gasteiger partial charge in [-0.1, -0.05) is 46.3 Å². The quantitative estimate of drug-likeness (QED) is 0.201. The highest BCUT2D eigenvalue weighted by atomic mass is 16.7. The molecule has 1 aliphatic heterocycles. The molecule has 5 aliphatic carbocycles. The zero-order valence-corrected chi connectivity index (χ0v) is 31.6. The zero-order valence-electron chi connectivity index (χ0n) is 31.6. The van der Waals surface area contributed by atoms with E-state index in [4.69, 9.17) is 18.9 Å². The van der Waals surface area contributed by atoms with Crippen molar-refractivity contribution in [3.63, 3.8) is 0 Å². The molecule has 6 aliphatic rings. The molecule has 0 amide bonds. The van der Waals surface area contributed by atoms with Gasteiger partial charge in [-0.15, -0.1) is 0 Å². The van der Waals surface area contributed by atoms with Gasteiger partial charge in [0.25, 0.3) is 0 Å². The van der Waals surface area contributed by atoms with Gasteiger partial charge in [-0.3, -0.25) is 19.2 Å². The molecule has 1 heterocycles. The highest BCUT2D eigenvalue weighted by Gasteiger charge is 2.66. The summed E-state index contributed by atoms with van der Waals surface area (Å²) in [7, 11) is 0. The van der Waals surface area contributed by atoms with Crippen molar-refractivity contribution < 1.29 is 53.1 Å². The number of allylic oxidation sites excluding steroid dienone is 2. The normalized spacial score (nSPS) is 45.0. The van der Waals surface area contributed by atoms with Crippen LogP contribution in [0, 0.1) is 51.2 Å². The topological polar surface area (TPSA) is 163 Å². The number of carboxylic acid groups (broad SMARTS) is 1. The number of carboxylic acids is 1. The number of Topliss-reactive ketones (excluding diaryl/α,β-unsaturated/α-hetero) is 1. The summed E-state index contributed by atoms with van der Waals surface area (Å²) in [5.41, 5.74) is 0.699. The highest BCUT2D eigenvalue weighted by Crippen LogP contribution is 2.71. The first kappa shape index (κ1) is 38.0. The van der Waals surface area contributed by atoms with Gasteiger partial charge in [0.15, 0.2) is 24.4 Å². The maximum absolute atomic E-state index is 12.8. The summed E-state index contributed by atoms with van der Waals surface area (Å²) in [6.07, 6.45) is 1.74. The smallest absolute Gasteiger partial charge is 0.336 e. The molecule has 6 rings (SSSR count). The van der Waals surface area contributed by atoms with Crippen LogP contribution in [0.4, 0.5) is 0 Å². The van der Waals surface area contributed by atoms with E-state index in [1.165, 1.54) is 12.5 Å². The number of ketones is 1. The molecule has 5 fully saturated rings. The Labute approximate surface area is 301 Å². The molecule has 0 aromatic heterocycles. The summed E-state index contributed by atoms with van der Waals surface area (Å²) in [6, 6.07) is 0. The van der Waals surface area contributed by atoms with E-state index in [9.17, 15) is 34.2 Å². The molecule has 1 saturated heterocycles. The van der Waals surface area contributed by atoms with Crippen LogP contribution in [0.25, 0.3) is 0 Å². The van der Waals surface area contributed by atoms with Gasteiger partial charge < -0.3 is 29.2 Å². The number of hydrogen-bond acceptors (Lipinski definition) is 10. The Morgan fingerprint density at radius 2 is 1.45 bits per heavy atom. The average molecular weight is 715 g/mol. The first-order valence-corrected chi connectivity index (χ1v) is 19.1. The third-order valence-electron chi connectivity index (χ3n) is 14.9. The third-order valence-corrected chi connectivity index (χ3v) is 14.9. The summed E-state index contributed by atoms with van der Waals surface area (Å²) in [5, 5.41) is 23.1. The first-order valence-electron chi connectivity index (χ1n) is 19.1. The Kier molecular flexibility index (Phi) is 9.86. The van der Waals surface area contributed by atoms with Crippen LogP contribution in [0.15, 0.2) is 11.6 Å². The number of rotatable bonds is 6. The fourth-order valence-corrected chi connectivity index (χ4v) is 12.5. The maximum atomic E-state index is 12.8. The standard InChI is InChI=1S/C40H58O11/c1-20-25-11-14-39(8)26-12-16-40(18-17-37(5,6)19-27(40)24(26)9-10-29(39)38(25,7)15-13-28(20)44)35(45)33-31(49-22(3)42)30(48-21(2)41)32(50-23(4)43)34(51-33)36(46)47/h9,20,25-27,29-35,45H,10-19H2,1-8H3,(H,46,47). The van der Waals surface area contributed by atoms with Crippen molar-refractivity contribution in [3.05, 3.63) is 11.6 Å². The summed E-state index contributed by atoms with van der Waals surface area (Å²) >= 11 is 0. The van der Waals surface area contributed by atoms with Crippen molar-refractivity contribution in [2.24, 2.45) is 51.2 Å². The number of carbonyl (C=O) groups is 5. The summed E-state index contributed by atoms with van der Waals surface area (Å²) in [4.78, 5) is 62.6. The Balaban J connectivity index is 1.41. The Morgan fingerprint density at radius 1 is 0.824 bits per heavy atom. The third kappa shape index (κ3) is 6.25. The van der Waals surface area contributed by atoms with E-state index >= 15 is 0 Å². The molecular formula is C40H58O11. The maximum Gasteiger partial charge on any atom is 0.336 e. The molecule has 0 radical (unpaired) electrons. The van der Waals surface area contributed by atoms with Crippen LogP contribution in [0.3, 0.4) is 0 Å². The van der Waals surface area contributed by atoms with Crippen LogP contribution in [0.5, 0.6) is 0 Å². The van der Waals surface area contributed by atoms with Crippen molar-refractivity contribution in [1.82, 2.24) is 0 Å². The van der Waals surface area contributed by atoms with E-state index in [0.717, 1.165) is 58.8 Å². The lowest BCUT2D eigenvalue weighted by atomic mass is 9.38. The lowest BCUT2D eigenvalue weighted by molar-refractivity contribution is -0.275. The van der Waals surface area contributed by atoms with Gasteiger partial charge in [-0.05, 0) is 97.7 Å². The fraction of sp³-hybridized carbons (Fsp3) is 0.825. The molecule has 0 aromatic rings. The van der Waals surface area contributed by atoms with Crippen LogP contribution in [0.1, 0.15) is 120 Å². The molecule has 11 nitrogen and oxygen atoms in total. The highest BCUT2D eigenvalue weighted by molar-refractivity contribution is 5.82. The second-order valence-electron chi connectivity index (χ2n) is 18.2. The zero-order chi connectivity index (χ0) is 37.4. The Hall–Kier alpha value is -2.79. The largest absolute Gasteiger partial charge is 0.479 e. The summed E-state index contributed by atoms with van der Waals surface area (Å²) in [5.74, 6) is -2.27. The van der Waals surface area contributed by atoms with E-state index in [1.807, 2.05) is 0 Å². The van der Waals surface area contributed by atoms with Gasteiger partial charge in [0, 0.05) is 38.5 Å². The van der Waals surface area contributed by atoms with Crippen molar-refractivity contribution in [3.8, 4) is 0 Å². The number of esters is 3. The molecule has 14 unspecified atom stereocenters. The van der Waals surface area contributed by atoms with Gasteiger partial charge in [0.2, 0.25) is 0 Å². The van der Waals surface area contributed by atoms with Crippen molar-refractivity contribution in [2.45, 2.75) is 156 Å². The molecular weight excluding hydrogens is 656 g/mol. The van der Waals surface area contributed by atoms with E-state index in [-0.39, 0.29) is 28.1 Å². The minimum absolute atomic E-state index is 0.0236. The monoisotopic (exact) mass is 714 g/mol. The number of aliphatic hydroxyl groups is 1. The Bertz CT molecular complexity index is 1480. The number of aliphatic hydroxyl groups excluding tert-OH is 1. The minimum atomic E-state index is -1.79. The lowest BCUT2D eigenvalue weighted by Crippen LogP contribution is -2.69. The molecule has 0 aromatic carbocycles. The van der Waals surface area contributed by atoms with Gasteiger partial charge in [-0.25, -0.2) is 4.79 Å². The number of hydrogen-bond donors (Lipinski definition) is 2. The van der Waals surface area contributed by atoms with Gasteiger partial charge in [0.1, 0.15) is 11.9 Å². The summed E-state index contributed by atoms with van der Waals surface area (Å²) in [6.45, 7) is 14.9. The van der Waals surface area contributed by atoms with E-state index < -0.39 is 65.9 Å². The SMILES string of the molecule is CC(=O)OC1C(C(=O)O)OC(C(O)C23CCC4C(=CCC5C4(C)CCC4C(C)C(=O)CCC45C)C2CC(C)(C)CC3)C(OC(C)=O)C1OC(C)=O. The molecule has 0 spiro atoms. The van der Waals surface area contributed by atoms with Crippen molar-refractivity contribution in [1.29, 1.82) is 0 Å². The second kappa shape index (κ2) is 13.3. The molecule has 11 heteroatoms. The lowest BCUT2D eigenvalue weighted by Gasteiger charge is -2.67. The predicted molar refractivity (Wildman–Crippen MR) is 184 cm³/mol. The predicted octanol–water partition coefficient (Wildman–Crippen LogP) is 5.59. The van der Waals surface area contributed by atoms with Crippen LogP contribution in [0.2, 0.25) is 0 Å². The van der Waals surface area contributed by atoms with Crippen LogP contribution in [-0.2, 0) is 42.9 Å². The molecule has 14 atom stereocenters. The second-order valence-corrected chi connectivity index (χ2v) is 18.2. The average Bonchev–Trinajstić information content (AvgIpc) is 3.03. The minimum Gasteiger partial charge on any atom is -0.479 e. The van der Waals surface area contributed by atoms with Gasteiger partial charge >= 0.3 is 23.9 Å². The molecule has 51 heavy (non-hydrogen) atoms. The molecule has 2 N–H and O–H groups in total. The van der Waals surface area contributed by atoms with Crippen molar-refractivity contribution in [2.75, 3.05) is 0 Å². The fourth-order valence-electron chi connectivity index (χ4n) is 12.5. The van der Waals surface area contributed by atoms with Gasteiger partial charge in [-0.2, -0.15) is 0 Å². The van der Waals surface area contributed by atoms with E-state index in [0.29, 0.717) is 42.8 Å². The molecule has 4 saturated carbocycles. The first-order chi connectivity index (χ1) is 23.8. The number of aliphatic carboxylic acids is 1. The van der Waals surface area contributed by atoms with Crippen LogP contribution in [-0.4, -0.2) is 76.5 Å². The van der Waals surface area contributed by atoms with Gasteiger partial charge in [0.05, 0.1) is 6.10 Å². The van der Waals surface area contributed by atoms with Crippen LogP contribution < -0.4 is 0 Å². The summed E-state index contributed by atoms with van der Waals surface area (Å²) < 4.78 is 22.9.